The predicted octanol–water partition coefficient (Wildman–Crippen LogP) is 5.99. The molecule has 0 heterocycles. The maximum Gasteiger partial charge on any atom is 0.610 e. The van der Waals surface area contributed by atoms with Gasteiger partial charge in [0.1, 0.15) is 34.8 Å². The second-order valence-electron chi connectivity index (χ2n) is 6.34. The Morgan fingerprint density at radius 3 is 2.24 bits per heavy atom. The van der Waals surface area contributed by atoms with E-state index in [1.807, 2.05) is 0 Å². The highest BCUT2D eigenvalue weighted by Crippen LogP contribution is 2.46. The lowest BCUT2D eigenvalue weighted by Gasteiger charge is -2.22. The number of fused-ring (bicyclic) bond motifs is 1. The maximum absolute atomic E-state index is 14.8. The van der Waals surface area contributed by atoms with E-state index in [4.69, 9.17) is 9.31 Å². The molecule has 2 nitrogen and oxygen atoms in total. The summed E-state index contributed by atoms with van der Waals surface area (Å²) in [5.74, 6) is -7.22. The van der Waals surface area contributed by atoms with Crippen molar-refractivity contribution in [3.63, 3.8) is 0 Å². The van der Waals surface area contributed by atoms with Gasteiger partial charge >= 0.3 is 7.12 Å². The Bertz CT molecular complexity index is 1090. The van der Waals surface area contributed by atoms with Crippen LogP contribution in [0, 0.1) is 17.5 Å². The van der Waals surface area contributed by atoms with Crippen molar-refractivity contribution < 1.29 is 31.3 Å². The fraction of sp³-hybridized carbons (Fsp3) is 0.0476. The first-order chi connectivity index (χ1) is 14.0. The van der Waals surface area contributed by atoms with E-state index in [9.17, 15) is 22.0 Å². The molecule has 29 heavy (non-hydrogen) atoms. The highest BCUT2D eigenvalue weighted by molar-refractivity contribution is 6.50. The number of rotatable bonds is 5. The Labute approximate surface area is 163 Å². The lowest BCUT2D eigenvalue weighted by molar-refractivity contribution is 0.384. The number of hydrogen-bond donors (Lipinski definition) is 0. The molecule has 146 valence electrons. The van der Waals surface area contributed by atoms with Crippen LogP contribution >= 0.6 is 0 Å². The van der Waals surface area contributed by atoms with Crippen molar-refractivity contribution in [1.29, 1.82) is 0 Å². The minimum absolute atomic E-state index is 0.0576. The Morgan fingerprint density at radius 1 is 0.724 bits per heavy atom. The average molecular weight is 402 g/mol. The SMILES string of the molecule is FC1=C(F)C(B(Oc2ccccc2)Oc2cc(F)ccc2F)c2cccc(F)c21. The molecule has 0 N–H and O–H groups in total. The molecule has 0 amide bonds. The van der Waals surface area contributed by atoms with Crippen LogP contribution in [0.5, 0.6) is 11.5 Å². The van der Waals surface area contributed by atoms with Crippen molar-refractivity contribution in [2.24, 2.45) is 0 Å². The summed E-state index contributed by atoms with van der Waals surface area (Å²) in [6, 6.07) is 14.1. The Kier molecular flexibility index (Phi) is 5.00. The minimum atomic E-state index is -1.64. The standard InChI is InChI=1S/C21H12BF5O2/c23-12-9-10-15(24)17(11-12)29-22(28-13-5-2-1-3-6-13)19-14-7-4-8-16(25)18(14)20(26)21(19)27/h1-11,19H. The van der Waals surface area contributed by atoms with E-state index in [1.54, 1.807) is 18.2 Å². The van der Waals surface area contributed by atoms with Crippen LogP contribution in [0.25, 0.3) is 5.83 Å². The van der Waals surface area contributed by atoms with Gasteiger partial charge in [0.15, 0.2) is 11.6 Å². The van der Waals surface area contributed by atoms with Gasteiger partial charge in [-0.25, -0.2) is 22.0 Å². The number of allylic oxidation sites excluding steroid dienone is 1. The van der Waals surface area contributed by atoms with Crippen LogP contribution in [-0.2, 0) is 0 Å². The molecule has 8 heteroatoms. The first kappa shape index (κ1) is 19.0. The summed E-state index contributed by atoms with van der Waals surface area (Å²) in [5, 5.41) is 0. The van der Waals surface area contributed by atoms with E-state index in [2.05, 4.69) is 0 Å². The van der Waals surface area contributed by atoms with Crippen molar-refractivity contribution in [2.45, 2.75) is 5.82 Å². The van der Waals surface area contributed by atoms with E-state index in [-0.39, 0.29) is 11.3 Å². The third-order valence-corrected chi connectivity index (χ3v) is 4.49. The molecule has 1 aliphatic carbocycles. The van der Waals surface area contributed by atoms with Gasteiger partial charge in [-0.1, -0.05) is 30.3 Å². The van der Waals surface area contributed by atoms with E-state index >= 15 is 0 Å². The van der Waals surface area contributed by atoms with Gasteiger partial charge < -0.3 is 9.31 Å². The van der Waals surface area contributed by atoms with Crippen LogP contribution in [0.3, 0.4) is 0 Å². The van der Waals surface area contributed by atoms with E-state index in [0.717, 1.165) is 24.3 Å². The Hall–Kier alpha value is -3.29. The van der Waals surface area contributed by atoms with Crippen LogP contribution in [0.1, 0.15) is 16.9 Å². The summed E-state index contributed by atoms with van der Waals surface area (Å²) >= 11 is 0. The first-order valence-electron chi connectivity index (χ1n) is 8.63. The second-order valence-corrected chi connectivity index (χ2v) is 6.34. The molecular weight excluding hydrogens is 390 g/mol. The quantitative estimate of drug-likeness (QED) is 0.385. The molecule has 0 fully saturated rings. The normalized spacial score (nSPS) is 15.3. The molecular formula is C21H12BF5O2. The fourth-order valence-electron chi connectivity index (χ4n) is 3.18. The van der Waals surface area contributed by atoms with Crippen LogP contribution in [0.2, 0.25) is 0 Å². The third-order valence-electron chi connectivity index (χ3n) is 4.49. The molecule has 3 aromatic rings. The number of hydrogen-bond acceptors (Lipinski definition) is 2. The van der Waals surface area contributed by atoms with Gasteiger partial charge in [-0.2, -0.15) is 0 Å². The second kappa shape index (κ2) is 7.62. The molecule has 0 saturated carbocycles. The molecule has 1 atom stereocenters. The number of benzene rings is 3. The van der Waals surface area contributed by atoms with Gasteiger partial charge in [0, 0.05) is 6.07 Å². The highest BCUT2D eigenvalue weighted by atomic mass is 19.2. The predicted molar refractivity (Wildman–Crippen MR) is 98.1 cm³/mol. The summed E-state index contributed by atoms with van der Waals surface area (Å²) in [6.45, 7) is 0. The first-order valence-corrected chi connectivity index (χ1v) is 8.63. The third kappa shape index (κ3) is 3.58. The minimum Gasteiger partial charge on any atom is -0.525 e. The van der Waals surface area contributed by atoms with Gasteiger partial charge in [-0.05, 0) is 35.9 Å². The number of para-hydroxylation sites is 1. The van der Waals surface area contributed by atoms with Crippen LogP contribution in [-0.4, -0.2) is 7.12 Å². The van der Waals surface area contributed by atoms with Crippen molar-refractivity contribution >= 4 is 12.9 Å². The summed E-state index contributed by atoms with van der Waals surface area (Å²) in [6.07, 6.45) is 0. The Morgan fingerprint density at radius 2 is 1.48 bits per heavy atom. The van der Waals surface area contributed by atoms with Gasteiger partial charge in [0.2, 0.25) is 0 Å². The zero-order chi connectivity index (χ0) is 20.5. The van der Waals surface area contributed by atoms with Crippen LogP contribution in [0.15, 0.2) is 72.6 Å². The average Bonchev–Trinajstić information content (AvgIpc) is 2.96. The van der Waals surface area contributed by atoms with Gasteiger partial charge in [0.25, 0.3) is 0 Å². The topological polar surface area (TPSA) is 18.5 Å². The highest BCUT2D eigenvalue weighted by Gasteiger charge is 2.48. The summed E-state index contributed by atoms with van der Waals surface area (Å²) in [5.41, 5.74) is -0.599. The van der Waals surface area contributed by atoms with Gasteiger partial charge in [0.05, 0.1) is 5.56 Å². The van der Waals surface area contributed by atoms with Crippen molar-refractivity contribution in [2.75, 3.05) is 0 Å². The zero-order valence-electron chi connectivity index (χ0n) is 14.7. The summed E-state index contributed by atoms with van der Waals surface area (Å²) < 4.78 is 82.0. The molecule has 0 radical (unpaired) electrons. The molecule has 1 aliphatic rings. The Balaban J connectivity index is 1.79. The molecule has 0 aliphatic heterocycles. The molecule has 0 saturated heterocycles. The largest absolute Gasteiger partial charge is 0.610 e. The molecule has 0 aromatic heterocycles. The van der Waals surface area contributed by atoms with E-state index < -0.39 is 53.4 Å². The number of halogens is 5. The van der Waals surface area contributed by atoms with Crippen LogP contribution < -0.4 is 9.31 Å². The summed E-state index contributed by atoms with van der Waals surface area (Å²) in [7, 11) is -1.64. The van der Waals surface area contributed by atoms with Gasteiger partial charge in [-0.3, -0.25) is 0 Å². The molecule has 0 spiro atoms. The molecule has 3 aromatic carbocycles. The van der Waals surface area contributed by atoms with Crippen molar-refractivity contribution in [3.05, 3.63) is 101 Å². The van der Waals surface area contributed by atoms with Crippen molar-refractivity contribution in [1.82, 2.24) is 0 Å². The van der Waals surface area contributed by atoms with Crippen LogP contribution in [0.4, 0.5) is 22.0 Å². The smallest absolute Gasteiger partial charge is 0.525 e. The molecule has 1 unspecified atom stereocenters. The van der Waals surface area contributed by atoms with Crippen molar-refractivity contribution in [3.8, 4) is 11.5 Å². The zero-order valence-corrected chi connectivity index (χ0v) is 14.7. The fourth-order valence-corrected chi connectivity index (χ4v) is 3.18. The van der Waals surface area contributed by atoms with E-state index in [0.29, 0.717) is 0 Å². The molecule has 0 bridgehead atoms. The monoisotopic (exact) mass is 402 g/mol. The summed E-state index contributed by atoms with van der Waals surface area (Å²) in [4.78, 5) is 0. The van der Waals surface area contributed by atoms with E-state index in [1.165, 1.54) is 24.3 Å². The molecule has 4 rings (SSSR count). The lowest BCUT2D eigenvalue weighted by atomic mass is 9.68. The van der Waals surface area contributed by atoms with Gasteiger partial charge in [-0.15, -0.1) is 0 Å². The lowest BCUT2D eigenvalue weighted by Crippen LogP contribution is -2.37. The maximum atomic E-state index is 14.8.